The van der Waals surface area contributed by atoms with Gasteiger partial charge < -0.3 is 9.64 Å². The highest BCUT2D eigenvalue weighted by Gasteiger charge is 2.24. The van der Waals surface area contributed by atoms with Crippen LogP contribution in [0, 0.1) is 0 Å². The minimum absolute atomic E-state index is 0.0150. The zero-order chi connectivity index (χ0) is 20.5. The van der Waals surface area contributed by atoms with Crippen molar-refractivity contribution in [2.24, 2.45) is 0 Å². The van der Waals surface area contributed by atoms with Gasteiger partial charge in [0.05, 0.1) is 5.52 Å². The number of rotatable bonds is 6. The second-order valence-corrected chi connectivity index (χ2v) is 8.06. The number of pyridine rings is 1. The Bertz CT molecular complexity index is 1110. The first-order valence-corrected chi connectivity index (χ1v) is 10.0. The van der Waals surface area contributed by atoms with E-state index in [1.807, 2.05) is 0 Å². The molecule has 28 heavy (non-hydrogen) atoms. The first-order chi connectivity index (χ1) is 13.2. The first kappa shape index (κ1) is 19.7. The Kier molecular flexibility index (Phi) is 5.32. The number of sulfone groups is 1. The Morgan fingerprint density at radius 2 is 1.89 bits per heavy atom. The Morgan fingerprint density at radius 3 is 2.50 bits per heavy atom. The third-order valence-electron chi connectivity index (χ3n) is 3.97. The van der Waals surface area contributed by atoms with Crippen molar-refractivity contribution in [2.45, 2.75) is 18.3 Å². The molecule has 0 spiro atoms. The first-order valence-electron chi connectivity index (χ1n) is 8.13. The molecule has 3 rings (SSSR count). The Labute approximate surface area is 160 Å². The summed E-state index contributed by atoms with van der Waals surface area (Å²) in [4.78, 5) is 18.3. The van der Waals surface area contributed by atoms with Crippen LogP contribution in [0.25, 0.3) is 5.52 Å². The molecule has 10 heteroatoms. The molecule has 7 nitrogen and oxygen atoms in total. The molecule has 2 heterocycles. The van der Waals surface area contributed by atoms with Gasteiger partial charge in [0.1, 0.15) is 5.75 Å². The van der Waals surface area contributed by atoms with E-state index < -0.39 is 22.4 Å². The fraction of sp³-hybridized carbons (Fsp3) is 0.222. The topological polar surface area (TPSA) is 81.0 Å². The van der Waals surface area contributed by atoms with E-state index >= 15 is 0 Å². The molecule has 0 fully saturated rings. The monoisotopic (exact) mass is 409 g/mol. The maximum atomic E-state index is 12.8. The smallest absolute Gasteiger partial charge is 0.387 e. The molecule has 2 aromatic heterocycles. The van der Waals surface area contributed by atoms with Crippen LogP contribution in [0.5, 0.6) is 5.75 Å². The van der Waals surface area contributed by atoms with Crippen LogP contribution in [0.1, 0.15) is 16.1 Å². The summed E-state index contributed by atoms with van der Waals surface area (Å²) >= 11 is 0. The van der Waals surface area contributed by atoms with Gasteiger partial charge in [-0.2, -0.15) is 8.78 Å². The number of imidazole rings is 1. The number of fused-ring (bicyclic) bond motifs is 1. The average Bonchev–Trinajstić information content (AvgIpc) is 3.02. The van der Waals surface area contributed by atoms with Crippen LogP contribution < -0.4 is 4.74 Å². The SMILES string of the molecule is CN(Cc1ccc(OC(F)F)cc1)C(=O)c1nc(S(C)(=O)=O)n2ccccc12. The van der Waals surface area contributed by atoms with Crippen LogP contribution in [0.4, 0.5) is 8.78 Å². The minimum atomic E-state index is -3.64. The van der Waals surface area contributed by atoms with Crippen molar-refractivity contribution >= 4 is 21.3 Å². The molecular formula is C18H17F2N3O4S. The van der Waals surface area contributed by atoms with Gasteiger partial charge in [-0.3, -0.25) is 9.20 Å². The number of carbonyl (C=O) groups excluding carboxylic acids is 1. The average molecular weight is 409 g/mol. The molecule has 0 radical (unpaired) electrons. The highest BCUT2D eigenvalue weighted by molar-refractivity contribution is 7.90. The number of halogens is 2. The van der Waals surface area contributed by atoms with Crippen molar-refractivity contribution < 1.29 is 26.7 Å². The molecular weight excluding hydrogens is 392 g/mol. The van der Waals surface area contributed by atoms with Crippen LogP contribution in [0.15, 0.2) is 53.8 Å². The Balaban J connectivity index is 1.86. The van der Waals surface area contributed by atoms with Gasteiger partial charge in [0, 0.05) is 26.0 Å². The quantitative estimate of drug-likeness (QED) is 0.625. The number of hydrogen-bond acceptors (Lipinski definition) is 5. The summed E-state index contributed by atoms with van der Waals surface area (Å²) in [5.41, 5.74) is 1.07. The van der Waals surface area contributed by atoms with Crippen molar-refractivity contribution in [3.8, 4) is 5.75 Å². The third-order valence-corrected chi connectivity index (χ3v) is 4.92. The molecule has 0 atom stereocenters. The number of benzene rings is 1. The second kappa shape index (κ2) is 7.55. The lowest BCUT2D eigenvalue weighted by atomic mass is 10.2. The third kappa shape index (κ3) is 4.11. The van der Waals surface area contributed by atoms with Gasteiger partial charge in [0.2, 0.25) is 15.0 Å². The number of nitrogens with zero attached hydrogens (tertiary/aromatic N) is 3. The van der Waals surface area contributed by atoms with Gasteiger partial charge in [-0.1, -0.05) is 18.2 Å². The van der Waals surface area contributed by atoms with Crippen molar-refractivity contribution in [1.82, 2.24) is 14.3 Å². The predicted molar refractivity (Wildman–Crippen MR) is 97.2 cm³/mol. The van der Waals surface area contributed by atoms with Crippen LogP contribution >= 0.6 is 0 Å². The molecule has 0 N–H and O–H groups in total. The van der Waals surface area contributed by atoms with Crippen LogP contribution in [-0.2, 0) is 16.4 Å². The lowest BCUT2D eigenvalue weighted by Gasteiger charge is -2.16. The van der Waals surface area contributed by atoms with E-state index in [1.54, 1.807) is 37.4 Å². The van der Waals surface area contributed by atoms with E-state index in [4.69, 9.17) is 0 Å². The summed E-state index contributed by atoms with van der Waals surface area (Å²) in [7, 11) is -2.09. The molecule has 0 aliphatic rings. The summed E-state index contributed by atoms with van der Waals surface area (Å²) in [5.74, 6) is -0.447. The zero-order valence-corrected chi connectivity index (χ0v) is 15.9. The predicted octanol–water partition coefficient (Wildman–Crippen LogP) is 2.61. The molecule has 0 saturated heterocycles. The van der Waals surface area contributed by atoms with Gasteiger partial charge in [0.25, 0.3) is 5.91 Å². The molecule has 0 bridgehead atoms. The second-order valence-electron chi connectivity index (χ2n) is 6.15. The number of alkyl halides is 2. The van der Waals surface area contributed by atoms with Gasteiger partial charge in [0.15, 0.2) is 5.69 Å². The van der Waals surface area contributed by atoms with Gasteiger partial charge >= 0.3 is 6.61 Å². The summed E-state index contributed by atoms with van der Waals surface area (Å²) in [6.07, 6.45) is 2.55. The van der Waals surface area contributed by atoms with E-state index in [0.717, 1.165) is 6.26 Å². The van der Waals surface area contributed by atoms with Crippen molar-refractivity contribution in [1.29, 1.82) is 0 Å². The van der Waals surface area contributed by atoms with Gasteiger partial charge in [-0.15, -0.1) is 0 Å². The normalized spacial score (nSPS) is 11.8. The Hall–Kier alpha value is -3.01. The van der Waals surface area contributed by atoms with Crippen LogP contribution in [0.3, 0.4) is 0 Å². The fourth-order valence-corrected chi connectivity index (χ4v) is 3.50. The maximum absolute atomic E-state index is 12.8. The number of carbonyl (C=O) groups is 1. The summed E-state index contributed by atoms with van der Waals surface area (Å²) < 4.78 is 54.0. The highest BCUT2D eigenvalue weighted by Crippen LogP contribution is 2.20. The number of ether oxygens (including phenoxy) is 1. The van der Waals surface area contributed by atoms with Crippen molar-refractivity contribution in [3.05, 3.63) is 59.9 Å². The lowest BCUT2D eigenvalue weighted by molar-refractivity contribution is -0.0498. The van der Waals surface area contributed by atoms with E-state index in [9.17, 15) is 22.0 Å². The largest absolute Gasteiger partial charge is 0.435 e. The molecule has 1 amide bonds. The van der Waals surface area contributed by atoms with Crippen LogP contribution in [0.2, 0.25) is 0 Å². The number of amides is 1. The minimum Gasteiger partial charge on any atom is -0.435 e. The summed E-state index contributed by atoms with van der Waals surface area (Å²) in [6, 6.07) is 10.8. The van der Waals surface area contributed by atoms with E-state index in [2.05, 4.69) is 9.72 Å². The van der Waals surface area contributed by atoms with E-state index in [1.165, 1.54) is 27.6 Å². The van der Waals surface area contributed by atoms with Crippen LogP contribution in [-0.4, -0.2) is 48.5 Å². The number of aromatic nitrogens is 2. The summed E-state index contributed by atoms with van der Waals surface area (Å²) in [5, 5.41) is -0.214. The Morgan fingerprint density at radius 1 is 1.21 bits per heavy atom. The van der Waals surface area contributed by atoms with Gasteiger partial charge in [-0.05, 0) is 29.8 Å². The molecule has 0 unspecified atom stereocenters. The maximum Gasteiger partial charge on any atom is 0.387 e. The van der Waals surface area contributed by atoms with Crippen molar-refractivity contribution in [2.75, 3.05) is 13.3 Å². The zero-order valence-electron chi connectivity index (χ0n) is 15.0. The van der Waals surface area contributed by atoms with E-state index in [-0.39, 0.29) is 23.1 Å². The molecule has 148 valence electrons. The molecule has 0 saturated carbocycles. The van der Waals surface area contributed by atoms with Gasteiger partial charge in [-0.25, -0.2) is 13.4 Å². The standard InChI is InChI=1S/C18H17F2N3O4S/c1-22(11-12-6-8-13(9-7-12)27-17(19)20)16(24)15-14-5-3-4-10-23(14)18(21-15)28(2,25)26/h3-10,17H,11H2,1-2H3. The van der Waals surface area contributed by atoms with E-state index in [0.29, 0.717) is 11.1 Å². The highest BCUT2D eigenvalue weighted by atomic mass is 32.2. The summed E-state index contributed by atoms with van der Waals surface area (Å²) in [6.45, 7) is -2.73. The molecule has 0 aliphatic carbocycles. The molecule has 3 aromatic rings. The fourth-order valence-electron chi connectivity index (χ4n) is 2.73. The molecule has 0 aliphatic heterocycles. The molecule has 1 aromatic carbocycles. The van der Waals surface area contributed by atoms with Crippen molar-refractivity contribution in [3.63, 3.8) is 0 Å². The lowest BCUT2D eigenvalue weighted by Crippen LogP contribution is -2.26. The number of hydrogen-bond donors (Lipinski definition) is 0.